The zero-order valence-corrected chi connectivity index (χ0v) is 15.1. The molecule has 0 saturated heterocycles. The van der Waals surface area contributed by atoms with Gasteiger partial charge in [-0.1, -0.05) is 23.7 Å². The van der Waals surface area contributed by atoms with E-state index >= 15 is 0 Å². The number of hydrogen-bond donors (Lipinski definition) is 1. The highest BCUT2D eigenvalue weighted by Crippen LogP contribution is 2.34. The maximum absolute atomic E-state index is 14.5. The fraction of sp³-hybridized carbons (Fsp3) is 0.0556. The molecular formula is C18H13ClF2N2O2S. The second-order valence-corrected chi connectivity index (χ2v) is 7.61. The topological polar surface area (TPSA) is 73.0 Å². The van der Waals surface area contributed by atoms with E-state index in [1.807, 2.05) is 6.92 Å². The SMILES string of the molecule is Cc1cc(-c2cccnc2-c2cc(F)c(S(N)(=O)=O)cc2F)ccc1Cl. The van der Waals surface area contributed by atoms with Crippen LogP contribution >= 0.6 is 11.6 Å². The summed E-state index contributed by atoms with van der Waals surface area (Å²) in [6.07, 6.45) is 1.44. The number of pyridine rings is 1. The Hall–Kier alpha value is -2.35. The van der Waals surface area contributed by atoms with Crippen molar-refractivity contribution in [3.05, 3.63) is 70.9 Å². The number of nitrogens with two attached hydrogens (primary N) is 1. The van der Waals surface area contributed by atoms with E-state index in [4.69, 9.17) is 16.7 Å². The van der Waals surface area contributed by atoms with Crippen molar-refractivity contribution >= 4 is 21.6 Å². The van der Waals surface area contributed by atoms with E-state index in [9.17, 15) is 17.2 Å². The summed E-state index contributed by atoms with van der Waals surface area (Å²) < 4.78 is 51.4. The van der Waals surface area contributed by atoms with Crippen LogP contribution in [0, 0.1) is 18.6 Å². The molecule has 1 heterocycles. The Balaban J connectivity index is 2.23. The molecule has 0 aliphatic rings. The largest absolute Gasteiger partial charge is 0.255 e. The molecule has 0 atom stereocenters. The maximum atomic E-state index is 14.5. The highest BCUT2D eigenvalue weighted by atomic mass is 35.5. The van der Waals surface area contributed by atoms with Gasteiger partial charge in [-0.25, -0.2) is 22.3 Å². The third kappa shape index (κ3) is 3.46. The molecule has 3 aromatic rings. The highest BCUT2D eigenvalue weighted by molar-refractivity contribution is 7.89. The van der Waals surface area contributed by atoms with Gasteiger partial charge in [0.25, 0.3) is 0 Å². The molecule has 0 fully saturated rings. The van der Waals surface area contributed by atoms with Crippen molar-refractivity contribution in [1.29, 1.82) is 0 Å². The predicted molar refractivity (Wildman–Crippen MR) is 96.1 cm³/mol. The summed E-state index contributed by atoms with van der Waals surface area (Å²) in [5.41, 5.74) is 2.08. The molecule has 0 unspecified atom stereocenters. The lowest BCUT2D eigenvalue weighted by Crippen LogP contribution is -2.14. The van der Waals surface area contributed by atoms with Crippen molar-refractivity contribution in [3.8, 4) is 22.4 Å². The fourth-order valence-electron chi connectivity index (χ4n) is 2.59. The molecule has 0 saturated carbocycles. The van der Waals surface area contributed by atoms with Crippen LogP contribution in [0.5, 0.6) is 0 Å². The quantitative estimate of drug-likeness (QED) is 0.719. The number of nitrogens with zero attached hydrogens (tertiary/aromatic N) is 1. The monoisotopic (exact) mass is 394 g/mol. The Labute approximate surface area is 154 Å². The third-order valence-corrected chi connectivity index (χ3v) is 5.21. The van der Waals surface area contributed by atoms with Gasteiger partial charge in [-0.15, -0.1) is 0 Å². The number of hydrogen-bond acceptors (Lipinski definition) is 3. The van der Waals surface area contributed by atoms with E-state index in [-0.39, 0.29) is 11.3 Å². The molecule has 8 heteroatoms. The van der Waals surface area contributed by atoms with Crippen LogP contribution in [-0.2, 0) is 10.0 Å². The average molecular weight is 395 g/mol. The number of primary sulfonamides is 1. The molecular weight excluding hydrogens is 382 g/mol. The third-order valence-electron chi connectivity index (χ3n) is 3.86. The van der Waals surface area contributed by atoms with Gasteiger partial charge < -0.3 is 0 Å². The van der Waals surface area contributed by atoms with Gasteiger partial charge in [0.2, 0.25) is 10.0 Å². The van der Waals surface area contributed by atoms with Crippen LogP contribution in [0.3, 0.4) is 0 Å². The van der Waals surface area contributed by atoms with Gasteiger partial charge >= 0.3 is 0 Å². The summed E-state index contributed by atoms with van der Waals surface area (Å²) in [5, 5.41) is 5.48. The standard InChI is InChI=1S/C18H13ClF2N2O2S/c1-10-7-11(4-5-14(10)19)12-3-2-6-23-18(12)13-8-16(21)17(9-15(13)20)26(22,24)25/h2-9H,1H3,(H2,22,24,25). The molecule has 2 N–H and O–H groups in total. The molecule has 4 nitrogen and oxygen atoms in total. The van der Waals surface area contributed by atoms with Crippen molar-refractivity contribution in [2.24, 2.45) is 5.14 Å². The number of sulfonamides is 1. The lowest BCUT2D eigenvalue weighted by atomic mass is 9.98. The van der Waals surface area contributed by atoms with Crippen LogP contribution in [0.15, 0.2) is 53.6 Å². The molecule has 0 radical (unpaired) electrons. The van der Waals surface area contributed by atoms with E-state index in [1.165, 1.54) is 6.20 Å². The predicted octanol–water partition coefficient (Wildman–Crippen LogP) is 4.30. The van der Waals surface area contributed by atoms with Crippen LogP contribution in [0.1, 0.15) is 5.56 Å². The molecule has 0 amide bonds. The summed E-state index contributed by atoms with van der Waals surface area (Å²) >= 11 is 6.04. The van der Waals surface area contributed by atoms with Crippen LogP contribution in [0.2, 0.25) is 5.02 Å². The average Bonchev–Trinajstić information content (AvgIpc) is 2.58. The Bertz CT molecular complexity index is 1120. The van der Waals surface area contributed by atoms with Crippen molar-refractivity contribution in [1.82, 2.24) is 4.98 Å². The Kier molecular flexibility index (Phi) is 4.79. The Morgan fingerprint density at radius 2 is 1.77 bits per heavy atom. The number of rotatable bonds is 3. The van der Waals surface area contributed by atoms with E-state index in [0.717, 1.165) is 11.6 Å². The first-order valence-corrected chi connectivity index (χ1v) is 9.34. The minimum absolute atomic E-state index is 0.168. The van der Waals surface area contributed by atoms with E-state index in [2.05, 4.69) is 4.98 Å². The van der Waals surface area contributed by atoms with E-state index in [0.29, 0.717) is 22.2 Å². The minimum atomic E-state index is -4.38. The molecule has 0 bridgehead atoms. The molecule has 0 aliphatic carbocycles. The fourth-order valence-corrected chi connectivity index (χ4v) is 3.31. The first-order valence-electron chi connectivity index (χ1n) is 7.42. The summed E-state index contributed by atoms with van der Waals surface area (Å²) in [7, 11) is -4.38. The zero-order chi connectivity index (χ0) is 19.1. The molecule has 3 rings (SSSR count). The Morgan fingerprint density at radius 1 is 1.04 bits per heavy atom. The lowest BCUT2D eigenvalue weighted by molar-refractivity contribution is 0.555. The number of benzene rings is 2. The van der Waals surface area contributed by atoms with Crippen LogP contribution in [-0.4, -0.2) is 13.4 Å². The minimum Gasteiger partial charge on any atom is -0.255 e. The summed E-state index contributed by atoms with van der Waals surface area (Å²) in [4.78, 5) is 3.25. The van der Waals surface area contributed by atoms with Gasteiger partial charge in [-0.3, -0.25) is 4.98 Å². The molecule has 26 heavy (non-hydrogen) atoms. The van der Waals surface area contributed by atoms with Gasteiger partial charge in [-0.2, -0.15) is 0 Å². The number of halogens is 3. The summed E-state index contributed by atoms with van der Waals surface area (Å²) in [5.74, 6) is -2.09. The van der Waals surface area contributed by atoms with Gasteiger partial charge in [0.1, 0.15) is 16.5 Å². The van der Waals surface area contributed by atoms with Crippen LogP contribution in [0.4, 0.5) is 8.78 Å². The number of aryl methyl sites for hydroxylation is 1. The van der Waals surface area contributed by atoms with Gasteiger partial charge in [0.15, 0.2) is 0 Å². The molecule has 134 valence electrons. The van der Waals surface area contributed by atoms with Crippen molar-refractivity contribution in [2.45, 2.75) is 11.8 Å². The van der Waals surface area contributed by atoms with Crippen LogP contribution in [0.25, 0.3) is 22.4 Å². The van der Waals surface area contributed by atoms with Gasteiger partial charge in [0.05, 0.1) is 5.69 Å². The van der Waals surface area contributed by atoms with Crippen molar-refractivity contribution in [2.75, 3.05) is 0 Å². The molecule has 2 aromatic carbocycles. The van der Waals surface area contributed by atoms with E-state index in [1.54, 1.807) is 30.3 Å². The molecule has 0 aliphatic heterocycles. The van der Waals surface area contributed by atoms with E-state index < -0.39 is 26.6 Å². The van der Waals surface area contributed by atoms with Crippen molar-refractivity contribution < 1.29 is 17.2 Å². The lowest BCUT2D eigenvalue weighted by Gasteiger charge is -2.12. The highest BCUT2D eigenvalue weighted by Gasteiger charge is 2.21. The number of aromatic nitrogens is 1. The maximum Gasteiger partial charge on any atom is 0.241 e. The van der Waals surface area contributed by atoms with Gasteiger partial charge in [0, 0.05) is 22.3 Å². The zero-order valence-electron chi connectivity index (χ0n) is 13.5. The first kappa shape index (κ1) is 18.4. The van der Waals surface area contributed by atoms with Gasteiger partial charge in [-0.05, 0) is 48.4 Å². The Morgan fingerprint density at radius 3 is 2.42 bits per heavy atom. The second kappa shape index (κ2) is 6.75. The van der Waals surface area contributed by atoms with Crippen LogP contribution < -0.4 is 5.14 Å². The normalized spacial score (nSPS) is 11.6. The van der Waals surface area contributed by atoms with Crippen molar-refractivity contribution in [3.63, 3.8) is 0 Å². The smallest absolute Gasteiger partial charge is 0.241 e. The first-order chi connectivity index (χ1) is 12.2. The second-order valence-electron chi connectivity index (χ2n) is 5.67. The molecule has 1 aromatic heterocycles. The summed E-state index contributed by atoms with van der Waals surface area (Å²) in [6, 6.07) is 9.95. The molecule has 0 spiro atoms. The summed E-state index contributed by atoms with van der Waals surface area (Å²) in [6.45, 7) is 1.82.